The van der Waals surface area contributed by atoms with Crippen molar-refractivity contribution in [2.75, 3.05) is 12.4 Å². The maximum Gasteiger partial charge on any atom is 0.257 e. The molecule has 0 radical (unpaired) electrons. The number of aryl methyl sites for hydroxylation is 1. The lowest BCUT2D eigenvalue weighted by Crippen LogP contribution is -2.14. The minimum atomic E-state index is -0.194. The number of hydrogen-bond donors (Lipinski definition) is 1. The number of benzene rings is 1. The maximum absolute atomic E-state index is 12.4. The molecule has 2 aromatic heterocycles. The van der Waals surface area contributed by atoms with Gasteiger partial charge in [0.25, 0.3) is 5.91 Å². The first-order valence-electron chi connectivity index (χ1n) is 6.84. The smallest absolute Gasteiger partial charge is 0.257 e. The number of rotatable bonds is 3. The topological polar surface area (TPSA) is 64.1 Å². The lowest BCUT2D eigenvalue weighted by molar-refractivity contribution is 0.102. The molecule has 0 unspecified atom stereocenters. The number of fused-ring (bicyclic) bond motifs is 1. The fourth-order valence-corrected chi connectivity index (χ4v) is 2.24. The number of carbonyl (C=O) groups is 1. The summed E-state index contributed by atoms with van der Waals surface area (Å²) in [4.78, 5) is 20.8. The van der Waals surface area contributed by atoms with Gasteiger partial charge in [-0.25, -0.2) is 0 Å². The predicted octanol–water partition coefficient (Wildman–Crippen LogP) is 3.20. The molecule has 0 spiro atoms. The summed E-state index contributed by atoms with van der Waals surface area (Å²) in [7, 11) is 1.61. The van der Waals surface area contributed by atoms with Crippen LogP contribution in [-0.4, -0.2) is 23.0 Å². The van der Waals surface area contributed by atoms with Crippen LogP contribution < -0.4 is 10.1 Å². The molecule has 5 heteroatoms. The van der Waals surface area contributed by atoms with E-state index >= 15 is 0 Å². The van der Waals surface area contributed by atoms with Gasteiger partial charge in [0, 0.05) is 23.5 Å². The van der Waals surface area contributed by atoms with E-state index in [1.807, 2.05) is 31.2 Å². The van der Waals surface area contributed by atoms with E-state index in [1.54, 1.807) is 31.6 Å². The Morgan fingerprint density at radius 3 is 2.64 bits per heavy atom. The maximum atomic E-state index is 12.4. The van der Waals surface area contributed by atoms with Crippen molar-refractivity contribution in [3.05, 3.63) is 60.0 Å². The second kappa shape index (κ2) is 5.81. The van der Waals surface area contributed by atoms with Crippen LogP contribution in [0.15, 0.2) is 48.8 Å². The molecular weight excluding hydrogens is 278 g/mol. The Morgan fingerprint density at radius 1 is 1.14 bits per heavy atom. The number of ether oxygens (including phenoxy) is 1. The van der Waals surface area contributed by atoms with Crippen LogP contribution in [-0.2, 0) is 0 Å². The molecular formula is C17H15N3O2. The van der Waals surface area contributed by atoms with E-state index < -0.39 is 0 Å². The first kappa shape index (κ1) is 14.0. The number of nitrogens with zero attached hydrogens (tertiary/aromatic N) is 2. The van der Waals surface area contributed by atoms with Crippen molar-refractivity contribution in [3.63, 3.8) is 0 Å². The molecule has 3 aromatic rings. The van der Waals surface area contributed by atoms with Crippen LogP contribution in [0.1, 0.15) is 16.1 Å². The van der Waals surface area contributed by atoms with Crippen LogP contribution in [0.5, 0.6) is 5.75 Å². The molecule has 0 atom stereocenters. The third kappa shape index (κ3) is 2.74. The minimum Gasteiger partial charge on any atom is -0.497 e. The van der Waals surface area contributed by atoms with Crippen molar-refractivity contribution in [2.24, 2.45) is 0 Å². The fourth-order valence-electron chi connectivity index (χ4n) is 2.24. The second-order valence-electron chi connectivity index (χ2n) is 4.87. The van der Waals surface area contributed by atoms with Gasteiger partial charge >= 0.3 is 0 Å². The Balaban J connectivity index is 1.98. The highest BCUT2D eigenvalue weighted by Crippen LogP contribution is 2.22. The summed E-state index contributed by atoms with van der Waals surface area (Å²) in [5.74, 6) is 0.541. The monoisotopic (exact) mass is 293 g/mol. The first-order valence-corrected chi connectivity index (χ1v) is 6.84. The van der Waals surface area contributed by atoms with Crippen molar-refractivity contribution >= 4 is 22.5 Å². The molecule has 0 saturated carbocycles. The molecule has 1 amide bonds. The molecule has 110 valence electrons. The molecule has 0 saturated heterocycles. The molecule has 0 bridgehead atoms. The largest absolute Gasteiger partial charge is 0.497 e. The number of anilines is 1. The van der Waals surface area contributed by atoms with Crippen molar-refractivity contribution in [2.45, 2.75) is 6.92 Å². The second-order valence-corrected chi connectivity index (χ2v) is 4.87. The third-order valence-corrected chi connectivity index (χ3v) is 3.40. The van der Waals surface area contributed by atoms with Crippen LogP contribution in [0.2, 0.25) is 0 Å². The number of nitrogens with one attached hydrogen (secondary N) is 1. The van der Waals surface area contributed by atoms with Gasteiger partial charge in [-0.15, -0.1) is 0 Å². The summed E-state index contributed by atoms with van der Waals surface area (Å²) >= 11 is 0. The van der Waals surface area contributed by atoms with Crippen LogP contribution >= 0.6 is 0 Å². The predicted molar refractivity (Wildman–Crippen MR) is 85.2 cm³/mol. The van der Waals surface area contributed by atoms with Gasteiger partial charge < -0.3 is 10.1 Å². The van der Waals surface area contributed by atoms with Crippen molar-refractivity contribution < 1.29 is 9.53 Å². The fraction of sp³-hybridized carbons (Fsp3) is 0.118. The summed E-state index contributed by atoms with van der Waals surface area (Å²) in [6, 6.07) is 10.9. The molecule has 0 aliphatic carbocycles. The lowest BCUT2D eigenvalue weighted by Gasteiger charge is -2.09. The number of aromatic nitrogens is 2. The SMILES string of the molecule is COc1ccc2nc(C)c(C(=O)Nc3ccncc3)cc2c1. The van der Waals surface area contributed by atoms with E-state index in [2.05, 4.69) is 15.3 Å². The molecule has 5 nitrogen and oxygen atoms in total. The molecule has 2 heterocycles. The van der Waals surface area contributed by atoms with Gasteiger partial charge in [-0.2, -0.15) is 0 Å². The van der Waals surface area contributed by atoms with E-state index in [-0.39, 0.29) is 5.91 Å². The highest BCUT2D eigenvalue weighted by Gasteiger charge is 2.12. The van der Waals surface area contributed by atoms with Crippen LogP contribution in [0.4, 0.5) is 5.69 Å². The van der Waals surface area contributed by atoms with Gasteiger partial charge in [0.2, 0.25) is 0 Å². The van der Waals surface area contributed by atoms with Gasteiger partial charge in [0.05, 0.1) is 23.9 Å². The number of amides is 1. The van der Waals surface area contributed by atoms with Crippen molar-refractivity contribution in [3.8, 4) is 5.75 Å². The van der Waals surface area contributed by atoms with Gasteiger partial charge in [-0.1, -0.05) is 0 Å². The van der Waals surface area contributed by atoms with Crippen LogP contribution in [0, 0.1) is 6.92 Å². The average molecular weight is 293 g/mol. The van der Waals surface area contributed by atoms with Gasteiger partial charge in [-0.05, 0) is 43.3 Å². The number of pyridine rings is 2. The summed E-state index contributed by atoms with van der Waals surface area (Å²) in [5.41, 5.74) is 2.76. The summed E-state index contributed by atoms with van der Waals surface area (Å²) < 4.78 is 5.21. The molecule has 0 aliphatic heterocycles. The molecule has 1 N–H and O–H groups in total. The molecule has 3 rings (SSSR count). The Kier molecular flexibility index (Phi) is 3.70. The summed E-state index contributed by atoms with van der Waals surface area (Å²) in [6.45, 7) is 1.82. The standard InChI is InChI=1S/C17H15N3O2/c1-11-15(17(21)20-13-5-7-18-8-6-13)10-12-9-14(22-2)3-4-16(12)19-11/h3-10H,1-2H3,(H,18,20,21). The minimum absolute atomic E-state index is 0.194. The number of methoxy groups -OCH3 is 1. The van der Waals surface area contributed by atoms with E-state index in [0.29, 0.717) is 16.9 Å². The average Bonchev–Trinajstić information content (AvgIpc) is 2.54. The third-order valence-electron chi connectivity index (χ3n) is 3.40. The zero-order valence-corrected chi connectivity index (χ0v) is 12.3. The van der Waals surface area contributed by atoms with Crippen LogP contribution in [0.3, 0.4) is 0 Å². The van der Waals surface area contributed by atoms with Crippen LogP contribution in [0.25, 0.3) is 10.9 Å². The van der Waals surface area contributed by atoms with Gasteiger partial charge in [0.15, 0.2) is 0 Å². The quantitative estimate of drug-likeness (QED) is 0.805. The zero-order chi connectivity index (χ0) is 15.5. The van der Waals surface area contributed by atoms with E-state index in [0.717, 1.165) is 16.7 Å². The Morgan fingerprint density at radius 2 is 1.91 bits per heavy atom. The number of carbonyl (C=O) groups excluding carboxylic acids is 1. The lowest BCUT2D eigenvalue weighted by atomic mass is 10.1. The Bertz CT molecular complexity index is 832. The van der Waals surface area contributed by atoms with Crippen molar-refractivity contribution in [1.29, 1.82) is 0 Å². The molecule has 0 aliphatic rings. The highest BCUT2D eigenvalue weighted by molar-refractivity contribution is 6.06. The molecule has 0 fully saturated rings. The van der Waals surface area contributed by atoms with Gasteiger partial charge in [0.1, 0.15) is 5.75 Å². The highest BCUT2D eigenvalue weighted by atomic mass is 16.5. The molecule has 1 aromatic carbocycles. The van der Waals surface area contributed by atoms with E-state index in [9.17, 15) is 4.79 Å². The Labute approximate surface area is 128 Å². The number of hydrogen-bond acceptors (Lipinski definition) is 4. The summed E-state index contributed by atoms with van der Waals surface area (Å²) in [5, 5.41) is 3.71. The summed E-state index contributed by atoms with van der Waals surface area (Å²) in [6.07, 6.45) is 3.26. The molecule has 22 heavy (non-hydrogen) atoms. The van der Waals surface area contributed by atoms with E-state index in [1.165, 1.54) is 0 Å². The van der Waals surface area contributed by atoms with Crippen molar-refractivity contribution in [1.82, 2.24) is 9.97 Å². The first-order chi connectivity index (χ1) is 10.7. The van der Waals surface area contributed by atoms with Gasteiger partial charge in [-0.3, -0.25) is 14.8 Å². The Hall–Kier alpha value is -2.95. The van der Waals surface area contributed by atoms with E-state index in [4.69, 9.17) is 4.74 Å². The normalized spacial score (nSPS) is 10.5. The zero-order valence-electron chi connectivity index (χ0n) is 12.3.